The molecule has 4 N–H and O–H groups in total. The Morgan fingerprint density at radius 3 is 2.25 bits per heavy atom. The molecule has 48 heavy (non-hydrogen) atoms. The van der Waals surface area contributed by atoms with Crippen LogP contribution in [-0.4, -0.2) is 78.0 Å². The number of hydrogen-bond donors (Lipinski definition) is 4. The first-order valence-corrected chi connectivity index (χ1v) is 16.9. The highest BCUT2D eigenvalue weighted by atomic mass is 32.1. The first kappa shape index (κ1) is 36.3. The third kappa shape index (κ3) is 10.5. The number of benzene rings is 3. The summed E-state index contributed by atoms with van der Waals surface area (Å²) in [6, 6.07) is 22.1. The molecule has 0 saturated heterocycles. The van der Waals surface area contributed by atoms with Gasteiger partial charge in [0.1, 0.15) is 11.8 Å². The molecule has 3 aromatic carbocycles. The first-order chi connectivity index (χ1) is 23.2. The largest absolute Gasteiger partial charge is 0.508 e. The number of phenolic OH excluding ortho intramolecular Hbond substituents is 1. The number of carbonyl (C=O) groups excluding carboxylic acids is 3. The van der Waals surface area contributed by atoms with Crippen LogP contribution in [0.3, 0.4) is 0 Å². The molecule has 0 aliphatic rings. The number of fused-ring (bicyclic) bond motifs is 1. The van der Waals surface area contributed by atoms with Gasteiger partial charge in [0, 0.05) is 44.5 Å². The molecule has 4 aromatic rings. The van der Waals surface area contributed by atoms with Crippen molar-refractivity contribution >= 4 is 39.3 Å². The average molecular weight is 676 g/mol. The molecule has 11 nitrogen and oxygen atoms in total. The summed E-state index contributed by atoms with van der Waals surface area (Å²) in [5.41, 5.74) is 5.30. The lowest BCUT2D eigenvalue weighted by atomic mass is 10.0. The zero-order valence-electron chi connectivity index (χ0n) is 27.8. The summed E-state index contributed by atoms with van der Waals surface area (Å²) in [5.74, 6) is -0.683. The third-order valence-electron chi connectivity index (χ3n) is 7.71. The van der Waals surface area contributed by atoms with Crippen LogP contribution in [0.4, 0.5) is 4.79 Å². The quantitative estimate of drug-likeness (QED) is 0.0935. The minimum Gasteiger partial charge on any atom is -0.508 e. The Balaban J connectivity index is 1.54. The third-order valence-corrected chi connectivity index (χ3v) is 8.72. The van der Waals surface area contributed by atoms with E-state index in [1.165, 1.54) is 5.01 Å². The maximum atomic E-state index is 14.6. The van der Waals surface area contributed by atoms with E-state index in [2.05, 4.69) is 16.1 Å². The second kappa shape index (κ2) is 18.2. The second-order valence-corrected chi connectivity index (χ2v) is 12.3. The number of thiophene rings is 1. The summed E-state index contributed by atoms with van der Waals surface area (Å²) in [6.07, 6.45) is -0.523. The maximum Gasteiger partial charge on any atom is 0.329 e. The molecule has 0 spiro atoms. The standard InChI is InChI=1S/C36H45N5O6S/c1-5-46-35(47-6-2)25(3)41(22-28-24-48-32-15-11-10-14-30(28)32)34(44)31(20-26-16-18-29(42)19-17-26)38-33(43)23-40(4)39-36(45)37-21-27-12-8-7-9-13-27/h7-19,24-25,31,35,42H,5-6,20-23H2,1-4H3,(H,38,43)(H2,37,39,45)/t25-,31-/m0/s1. The van der Waals surface area contributed by atoms with Crippen molar-refractivity contribution in [3.8, 4) is 5.75 Å². The van der Waals surface area contributed by atoms with Crippen molar-refractivity contribution in [3.63, 3.8) is 0 Å². The number of nitrogens with one attached hydrogen (secondary N) is 3. The fourth-order valence-electron chi connectivity index (χ4n) is 5.32. The van der Waals surface area contributed by atoms with Crippen molar-refractivity contribution in [1.29, 1.82) is 0 Å². The van der Waals surface area contributed by atoms with Gasteiger partial charge < -0.3 is 30.1 Å². The molecule has 1 heterocycles. The number of hydrogen-bond acceptors (Lipinski definition) is 8. The Morgan fingerprint density at radius 2 is 1.56 bits per heavy atom. The van der Waals surface area contributed by atoms with Gasteiger partial charge in [0.15, 0.2) is 6.29 Å². The van der Waals surface area contributed by atoms with Crippen molar-refractivity contribution in [1.82, 2.24) is 26.0 Å². The summed E-state index contributed by atoms with van der Waals surface area (Å²) in [7, 11) is 1.57. The van der Waals surface area contributed by atoms with Crippen molar-refractivity contribution in [2.24, 2.45) is 0 Å². The van der Waals surface area contributed by atoms with Gasteiger partial charge in [-0.1, -0.05) is 60.7 Å². The van der Waals surface area contributed by atoms with E-state index in [0.717, 1.165) is 26.8 Å². The van der Waals surface area contributed by atoms with Crippen LogP contribution >= 0.6 is 11.3 Å². The highest BCUT2D eigenvalue weighted by Gasteiger charge is 2.34. The van der Waals surface area contributed by atoms with E-state index in [9.17, 15) is 19.5 Å². The van der Waals surface area contributed by atoms with Gasteiger partial charge in [-0.15, -0.1) is 11.3 Å². The van der Waals surface area contributed by atoms with E-state index >= 15 is 0 Å². The Hall–Kier alpha value is -4.49. The van der Waals surface area contributed by atoms with E-state index < -0.39 is 30.3 Å². The fourth-order valence-corrected chi connectivity index (χ4v) is 6.27. The number of ether oxygens (including phenoxy) is 2. The van der Waals surface area contributed by atoms with E-state index in [4.69, 9.17) is 9.47 Å². The van der Waals surface area contributed by atoms with Crippen molar-refractivity contribution < 1.29 is 29.0 Å². The normalized spacial score (nSPS) is 12.5. The molecule has 0 aliphatic heterocycles. The van der Waals surface area contributed by atoms with Gasteiger partial charge in [-0.3, -0.25) is 15.0 Å². The van der Waals surface area contributed by atoms with Gasteiger partial charge in [0.2, 0.25) is 11.8 Å². The molecule has 0 unspecified atom stereocenters. The predicted molar refractivity (Wildman–Crippen MR) is 187 cm³/mol. The summed E-state index contributed by atoms with van der Waals surface area (Å²) in [4.78, 5) is 42.2. The number of amides is 4. The van der Waals surface area contributed by atoms with E-state index in [1.807, 2.05) is 80.7 Å². The summed E-state index contributed by atoms with van der Waals surface area (Å²) >= 11 is 1.61. The Kier molecular flexibility index (Phi) is 13.8. The van der Waals surface area contributed by atoms with Gasteiger partial charge in [0.25, 0.3) is 0 Å². The highest BCUT2D eigenvalue weighted by molar-refractivity contribution is 7.17. The Labute approximate surface area is 285 Å². The van der Waals surface area contributed by atoms with Gasteiger partial charge >= 0.3 is 6.03 Å². The molecule has 4 amide bonds. The number of hydrazine groups is 1. The lowest BCUT2D eigenvalue weighted by molar-refractivity contribution is -0.179. The molecule has 12 heteroatoms. The van der Waals surface area contributed by atoms with E-state index in [1.54, 1.807) is 47.5 Å². The molecule has 1 aromatic heterocycles. The minimum absolute atomic E-state index is 0.0970. The predicted octanol–water partition coefficient (Wildman–Crippen LogP) is 4.80. The number of aromatic hydroxyl groups is 1. The van der Waals surface area contributed by atoms with E-state index in [-0.39, 0.29) is 31.2 Å². The topological polar surface area (TPSA) is 132 Å². The lowest BCUT2D eigenvalue weighted by Gasteiger charge is -2.36. The number of urea groups is 1. The molecule has 4 rings (SSSR count). The SMILES string of the molecule is CCOC(OCC)[C@H](C)N(Cc1csc2ccccc12)C(=O)[C@H](Cc1ccc(O)cc1)NC(=O)CN(C)NC(=O)NCc1ccccc1. The maximum absolute atomic E-state index is 14.6. The number of rotatable bonds is 17. The van der Waals surface area contributed by atoms with Crippen LogP contribution in [-0.2, 0) is 38.6 Å². The Morgan fingerprint density at radius 1 is 0.896 bits per heavy atom. The molecule has 0 bridgehead atoms. The van der Waals surface area contributed by atoms with E-state index in [0.29, 0.717) is 19.8 Å². The van der Waals surface area contributed by atoms with Crippen LogP contribution < -0.4 is 16.1 Å². The average Bonchev–Trinajstić information content (AvgIpc) is 3.49. The van der Waals surface area contributed by atoms with Crippen LogP contribution in [0.1, 0.15) is 37.5 Å². The molecule has 0 fully saturated rings. The van der Waals surface area contributed by atoms with Crippen LogP contribution in [0.25, 0.3) is 10.1 Å². The number of carbonyl (C=O) groups is 3. The van der Waals surface area contributed by atoms with Crippen molar-refractivity contribution in [2.75, 3.05) is 26.8 Å². The first-order valence-electron chi connectivity index (χ1n) is 16.0. The molecule has 0 radical (unpaired) electrons. The van der Waals surface area contributed by atoms with Crippen LogP contribution in [0.5, 0.6) is 5.75 Å². The second-order valence-electron chi connectivity index (χ2n) is 11.4. The number of nitrogens with zero attached hydrogens (tertiary/aromatic N) is 2. The molecule has 2 atom stereocenters. The lowest BCUT2D eigenvalue weighted by Crippen LogP contribution is -2.56. The van der Waals surface area contributed by atoms with Crippen molar-refractivity contribution in [3.05, 3.63) is 101 Å². The van der Waals surface area contributed by atoms with Gasteiger partial charge in [-0.2, -0.15) is 0 Å². The molecule has 0 saturated carbocycles. The molecule has 256 valence electrons. The van der Waals surface area contributed by atoms with Crippen LogP contribution in [0, 0.1) is 0 Å². The van der Waals surface area contributed by atoms with Crippen LogP contribution in [0.2, 0.25) is 0 Å². The monoisotopic (exact) mass is 675 g/mol. The highest BCUT2D eigenvalue weighted by Crippen LogP contribution is 2.28. The molecular formula is C36H45N5O6S. The summed E-state index contributed by atoms with van der Waals surface area (Å²) < 4.78 is 13.0. The smallest absolute Gasteiger partial charge is 0.329 e. The number of phenols is 1. The molecule has 0 aliphatic carbocycles. The van der Waals surface area contributed by atoms with Gasteiger partial charge in [-0.05, 0) is 66.4 Å². The van der Waals surface area contributed by atoms with Gasteiger partial charge in [0.05, 0.1) is 12.6 Å². The molecular weight excluding hydrogens is 630 g/mol. The zero-order chi connectivity index (χ0) is 34.5. The zero-order valence-corrected chi connectivity index (χ0v) is 28.7. The fraction of sp³-hybridized carbons (Fsp3) is 0.361. The minimum atomic E-state index is -0.974. The van der Waals surface area contributed by atoms with Gasteiger partial charge in [-0.25, -0.2) is 9.80 Å². The Bertz CT molecular complexity index is 1610. The summed E-state index contributed by atoms with van der Waals surface area (Å²) in [6.45, 7) is 6.81. The van der Waals surface area contributed by atoms with Crippen LogP contribution in [0.15, 0.2) is 84.2 Å². The van der Waals surface area contributed by atoms with Crippen molar-refractivity contribution in [2.45, 2.75) is 58.7 Å². The summed E-state index contributed by atoms with van der Waals surface area (Å²) in [5, 5.41) is 20.0. The number of likely N-dealkylation sites (N-methyl/N-ethyl adjacent to an activating group) is 1.